The zero-order valence-corrected chi connectivity index (χ0v) is 14.1. The quantitative estimate of drug-likeness (QED) is 0.734. The molecule has 0 fully saturated rings. The lowest BCUT2D eigenvalue weighted by molar-refractivity contribution is 0.855. The van der Waals surface area contributed by atoms with Crippen LogP contribution in [0.3, 0.4) is 0 Å². The van der Waals surface area contributed by atoms with E-state index in [4.69, 9.17) is 0 Å². The van der Waals surface area contributed by atoms with Gasteiger partial charge in [-0.1, -0.05) is 43.7 Å². The fourth-order valence-electron chi connectivity index (χ4n) is 3.16. The van der Waals surface area contributed by atoms with E-state index in [1.165, 1.54) is 33.5 Å². The van der Waals surface area contributed by atoms with E-state index < -0.39 is 0 Å². The number of hydrogen-bond donors (Lipinski definition) is 1. The van der Waals surface area contributed by atoms with Gasteiger partial charge < -0.3 is 5.32 Å². The molecular weight excluding hydrogens is 254 g/mol. The monoisotopic (exact) mass is 281 g/mol. The van der Waals surface area contributed by atoms with E-state index in [0.717, 1.165) is 0 Å². The summed E-state index contributed by atoms with van der Waals surface area (Å²) in [6.07, 6.45) is 0. The van der Waals surface area contributed by atoms with Crippen molar-refractivity contribution in [2.24, 2.45) is 0 Å². The molecule has 0 aliphatic heterocycles. The predicted molar refractivity (Wildman–Crippen MR) is 93.2 cm³/mol. The number of aryl methyl sites for hydroxylation is 3. The fourth-order valence-corrected chi connectivity index (χ4v) is 3.16. The zero-order valence-electron chi connectivity index (χ0n) is 14.1. The van der Waals surface area contributed by atoms with Crippen molar-refractivity contribution in [3.63, 3.8) is 0 Å². The van der Waals surface area contributed by atoms with Crippen molar-refractivity contribution in [1.82, 2.24) is 0 Å². The van der Waals surface area contributed by atoms with Gasteiger partial charge in [0.15, 0.2) is 0 Å². The topological polar surface area (TPSA) is 12.0 Å². The van der Waals surface area contributed by atoms with Crippen LogP contribution in [0.4, 0.5) is 5.69 Å². The molecule has 0 heterocycles. The molecule has 1 heteroatoms. The number of benzene rings is 2. The van der Waals surface area contributed by atoms with E-state index in [1.807, 2.05) is 0 Å². The first kappa shape index (κ1) is 15.6. The maximum absolute atomic E-state index is 3.63. The van der Waals surface area contributed by atoms with Crippen LogP contribution < -0.4 is 5.32 Å². The Hall–Kier alpha value is -1.76. The second kappa shape index (κ2) is 6.34. The molecule has 2 aromatic rings. The van der Waals surface area contributed by atoms with Gasteiger partial charge in [-0.15, -0.1) is 0 Å². The van der Waals surface area contributed by atoms with E-state index in [0.29, 0.717) is 12.0 Å². The zero-order chi connectivity index (χ0) is 15.6. The van der Waals surface area contributed by atoms with Crippen LogP contribution in [0.2, 0.25) is 0 Å². The molecule has 1 nitrogen and oxygen atoms in total. The second-order valence-corrected chi connectivity index (χ2v) is 6.46. The third-order valence-electron chi connectivity index (χ3n) is 4.13. The van der Waals surface area contributed by atoms with Crippen molar-refractivity contribution in [2.75, 3.05) is 5.32 Å². The molecule has 2 aromatic carbocycles. The molecule has 0 aliphatic rings. The lowest BCUT2D eigenvalue weighted by atomic mass is 9.94. The van der Waals surface area contributed by atoms with E-state index in [2.05, 4.69) is 83.3 Å². The molecule has 0 radical (unpaired) electrons. The summed E-state index contributed by atoms with van der Waals surface area (Å²) in [5.74, 6) is 0.582. The molecule has 0 amide bonds. The highest BCUT2D eigenvalue weighted by atomic mass is 14.9. The standard InChI is InChI=1S/C20H27N/c1-13(2)18-7-9-19(10-8-18)21-17(6)20-15(4)11-14(3)12-16(20)5/h7-13,17,21H,1-6H3. The van der Waals surface area contributed by atoms with Crippen LogP contribution in [0.1, 0.15) is 60.5 Å². The Labute approximate surface area is 129 Å². The smallest absolute Gasteiger partial charge is 0.0490 e. The highest BCUT2D eigenvalue weighted by Gasteiger charge is 2.12. The first-order valence-electron chi connectivity index (χ1n) is 7.82. The summed E-state index contributed by atoms with van der Waals surface area (Å²) in [7, 11) is 0. The van der Waals surface area contributed by atoms with E-state index in [1.54, 1.807) is 0 Å². The van der Waals surface area contributed by atoms with E-state index in [-0.39, 0.29) is 0 Å². The Morgan fingerprint density at radius 1 is 0.810 bits per heavy atom. The molecule has 112 valence electrons. The molecule has 21 heavy (non-hydrogen) atoms. The molecule has 1 atom stereocenters. The second-order valence-electron chi connectivity index (χ2n) is 6.46. The molecule has 1 N–H and O–H groups in total. The van der Waals surface area contributed by atoms with Gasteiger partial charge in [-0.2, -0.15) is 0 Å². The Balaban J connectivity index is 2.20. The Morgan fingerprint density at radius 3 is 1.81 bits per heavy atom. The average molecular weight is 281 g/mol. The van der Waals surface area contributed by atoms with Gasteiger partial charge in [0.25, 0.3) is 0 Å². The van der Waals surface area contributed by atoms with Crippen molar-refractivity contribution < 1.29 is 0 Å². The fraction of sp³-hybridized carbons (Fsp3) is 0.400. The molecule has 1 unspecified atom stereocenters. The van der Waals surface area contributed by atoms with Crippen LogP contribution >= 0.6 is 0 Å². The number of hydrogen-bond acceptors (Lipinski definition) is 1. The lowest BCUT2D eigenvalue weighted by Crippen LogP contribution is -2.10. The molecule has 2 rings (SSSR count). The Morgan fingerprint density at radius 2 is 1.33 bits per heavy atom. The van der Waals surface area contributed by atoms with Crippen LogP contribution in [0.15, 0.2) is 36.4 Å². The number of rotatable bonds is 4. The van der Waals surface area contributed by atoms with Gasteiger partial charge in [-0.3, -0.25) is 0 Å². The van der Waals surface area contributed by atoms with Gasteiger partial charge in [0.2, 0.25) is 0 Å². The van der Waals surface area contributed by atoms with Crippen molar-refractivity contribution in [3.8, 4) is 0 Å². The van der Waals surface area contributed by atoms with Gasteiger partial charge in [-0.05, 0) is 68.0 Å². The van der Waals surface area contributed by atoms with Crippen molar-refractivity contribution in [2.45, 2.75) is 53.5 Å². The molecule has 0 spiro atoms. The van der Waals surface area contributed by atoms with Crippen molar-refractivity contribution in [3.05, 3.63) is 64.2 Å². The average Bonchev–Trinajstić information content (AvgIpc) is 2.37. The molecule has 0 aliphatic carbocycles. The maximum Gasteiger partial charge on any atom is 0.0490 e. The maximum atomic E-state index is 3.63. The van der Waals surface area contributed by atoms with Crippen LogP contribution in [0.5, 0.6) is 0 Å². The minimum Gasteiger partial charge on any atom is -0.379 e. The molecule has 0 aromatic heterocycles. The molecule has 0 bridgehead atoms. The van der Waals surface area contributed by atoms with Crippen LogP contribution in [0.25, 0.3) is 0 Å². The van der Waals surface area contributed by atoms with Crippen LogP contribution in [-0.2, 0) is 0 Å². The summed E-state index contributed by atoms with van der Waals surface area (Å²) >= 11 is 0. The highest BCUT2D eigenvalue weighted by Crippen LogP contribution is 2.27. The SMILES string of the molecule is Cc1cc(C)c(C(C)Nc2ccc(C(C)C)cc2)c(C)c1. The normalized spacial score (nSPS) is 12.5. The van der Waals surface area contributed by atoms with E-state index in [9.17, 15) is 0 Å². The Bertz CT molecular complexity index is 585. The molecular formula is C20H27N. The van der Waals surface area contributed by atoms with Crippen LogP contribution in [0, 0.1) is 20.8 Å². The van der Waals surface area contributed by atoms with Crippen LogP contribution in [-0.4, -0.2) is 0 Å². The third-order valence-corrected chi connectivity index (χ3v) is 4.13. The summed E-state index contributed by atoms with van der Waals surface area (Å²) in [6, 6.07) is 13.7. The van der Waals surface area contributed by atoms with Crippen molar-refractivity contribution >= 4 is 5.69 Å². The first-order chi connectivity index (χ1) is 9.88. The largest absolute Gasteiger partial charge is 0.379 e. The van der Waals surface area contributed by atoms with Crippen molar-refractivity contribution in [1.29, 1.82) is 0 Å². The lowest BCUT2D eigenvalue weighted by Gasteiger charge is -2.21. The third kappa shape index (κ3) is 3.66. The van der Waals surface area contributed by atoms with Gasteiger partial charge >= 0.3 is 0 Å². The number of nitrogens with one attached hydrogen (secondary N) is 1. The summed E-state index contributed by atoms with van der Waals surface area (Å²) in [4.78, 5) is 0. The Kier molecular flexibility index (Phi) is 4.72. The van der Waals surface area contributed by atoms with Gasteiger partial charge in [0, 0.05) is 11.7 Å². The number of anilines is 1. The van der Waals surface area contributed by atoms with E-state index >= 15 is 0 Å². The summed E-state index contributed by atoms with van der Waals surface area (Å²) < 4.78 is 0. The van der Waals surface area contributed by atoms with Gasteiger partial charge in [0.05, 0.1) is 0 Å². The van der Waals surface area contributed by atoms with Gasteiger partial charge in [0.1, 0.15) is 0 Å². The first-order valence-corrected chi connectivity index (χ1v) is 7.82. The highest BCUT2D eigenvalue weighted by molar-refractivity contribution is 5.49. The summed E-state index contributed by atoms with van der Waals surface area (Å²) in [5, 5.41) is 3.63. The predicted octanol–water partition coefficient (Wildman–Crippen LogP) is 5.91. The minimum absolute atomic E-state index is 0.315. The minimum atomic E-state index is 0.315. The molecule has 0 saturated carbocycles. The van der Waals surface area contributed by atoms with Gasteiger partial charge in [-0.25, -0.2) is 0 Å². The summed E-state index contributed by atoms with van der Waals surface area (Å²) in [5.41, 5.74) is 8.05. The molecule has 0 saturated heterocycles. The summed E-state index contributed by atoms with van der Waals surface area (Å²) in [6.45, 7) is 13.3.